The number of nitrogens with one attached hydrogen (secondary N) is 1. The fourth-order valence-electron chi connectivity index (χ4n) is 1.94. The van der Waals surface area contributed by atoms with E-state index in [2.05, 4.69) is 42.1 Å². The minimum Gasteiger partial charge on any atom is -0.439 e. The van der Waals surface area contributed by atoms with Crippen LogP contribution in [0.25, 0.3) is 0 Å². The van der Waals surface area contributed by atoms with Crippen LogP contribution < -0.4 is 10.1 Å². The molecule has 4 nitrogen and oxygen atoms in total. The number of ether oxygens (including phenoxy) is 1. The monoisotopic (exact) mass is 257 g/mol. The Kier molecular flexibility index (Phi) is 3.69. The highest BCUT2D eigenvalue weighted by Crippen LogP contribution is 2.28. The lowest BCUT2D eigenvalue weighted by Crippen LogP contribution is -1.99. The zero-order valence-corrected chi connectivity index (χ0v) is 12.0. The van der Waals surface area contributed by atoms with Crippen molar-refractivity contribution in [3.8, 4) is 11.6 Å². The van der Waals surface area contributed by atoms with Crippen molar-refractivity contribution < 1.29 is 4.74 Å². The van der Waals surface area contributed by atoms with Gasteiger partial charge < -0.3 is 10.1 Å². The van der Waals surface area contributed by atoms with Gasteiger partial charge in [-0.1, -0.05) is 6.07 Å². The molecule has 0 radical (unpaired) electrons. The lowest BCUT2D eigenvalue weighted by Gasteiger charge is -2.12. The van der Waals surface area contributed by atoms with Gasteiger partial charge in [-0.15, -0.1) is 0 Å². The van der Waals surface area contributed by atoms with Crippen LogP contribution >= 0.6 is 0 Å². The topological polar surface area (TPSA) is 47.0 Å². The van der Waals surface area contributed by atoms with Gasteiger partial charge in [-0.3, -0.25) is 0 Å². The Morgan fingerprint density at radius 2 is 1.74 bits per heavy atom. The van der Waals surface area contributed by atoms with Crippen molar-refractivity contribution >= 4 is 5.82 Å². The van der Waals surface area contributed by atoms with Crippen molar-refractivity contribution in [1.29, 1.82) is 0 Å². The molecule has 0 spiro atoms. The van der Waals surface area contributed by atoms with E-state index >= 15 is 0 Å². The molecule has 1 N–H and O–H groups in total. The molecule has 19 heavy (non-hydrogen) atoms. The number of nitrogens with zero attached hydrogens (tertiary/aromatic N) is 2. The molecule has 2 rings (SSSR count). The minimum atomic E-state index is 0.560. The summed E-state index contributed by atoms with van der Waals surface area (Å²) in [5.41, 5.74) is 3.53. The van der Waals surface area contributed by atoms with Crippen LogP contribution in [0.3, 0.4) is 0 Å². The van der Waals surface area contributed by atoms with E-state index in [0.29, 0.717) is 11.7 Å². The fraction of sp³-hybridized carbons (Fsp3) is 0.333. The summed E-state index contributed by atoms with van der Waals surface area (Å²) < 4.78 is 5.90. The van der Waals surface area contributed by atoms with Gasteiger partial charge in [0.1, 0.15) is 17.4 Å². The molecular weight excluding hydrogens is 238 g/mol. The quantitative estimate of drug-likeness (QED) is 0.913. The summed E-state index contributed by atoms with van der Waals surface area (Å²) in [6.07, 6.45) is 0. The fourth-order valence-corrected chi connectivity index (χ4v) is 1.94. The average molecular weight is 257 g/mol. The molecule has 0 atom stereocenters. The summed E-state index contributed by atoms with van der Waals surface area (Å²) in [4.78, 5) is 8.55. The molecule has 0 fully saturated rings. The lowest BCUT2D eigenvalue weighted by molar-refractivity contribution is 0.456. The second-order valence-corrected chi connectivity index (χ2v) is 4.70. The largest absolute Gasteiger partial charge is 0.439 e. The van der Waals surface area contributed by atoms with Crippen LogP contribution in [-0.4, -0.2) is 17.0 Å². The van der Waals surface area contributed by atoms with Crippen LogP contribution in [0.1, 0.15) is 22.5 Å². The molecule has 0 saturated heterocycles. The first-order valence-electron chi connectivity index (χ1n) is 6.28. The van der Waals surface area contributed by atoms with Crippen LogP contribution in [-0.2, 0) is 0 Å². The summed E-state index contributed by atoms with van der Waals surface area (Å²) in [5, 5.41) is 3.00. The first kappa shape index (κ1) is 13.3. The Bertz CT molecular complexity index is 609. The Morgan fingerprint density at radius 3 is 2.42 bits per heavy atom. The molecule has 4 heteroatoms. The van der Waals surface area contributed by atoms with E-state index in [4.69, 9.17) is 4.74 Å². The normalized spacial score (nSPS) is 10.4. The van der Waals surface area contributed by atoms with E-state index in [9.17, 15) is 0 Å². The van der Waals surface area contributed by atoms with Gasteiger partial charge in [0.05, 0.1) is 0 Å². The summed E-state index contributed by atoms with van der Waals surface area (Å²) in [7, 11) is 1.83. The third-order valence-electron chi connectivity index (χ3n) is 3.05. The average Bonchev–Trinajstić information content (AvgIpc) is 2.34. The van der Waals surface area contributed by atoms with E-state index in [-0.39, 0.29) is 0 Å². The predicted octanol–water partition coefficient (Wildman–Crippen LogP) is 3.54. The van der Waals surface area contributed by atoms with E-state index < -0.39 is 0 Å². The van der Waals surface area contributed by atoms with Crippen molar-refractivity contribution in [2.75, 3.05) is 12.4 Å². The van der Waals surface area contributed by atoms with E-state index in [0.717, 1.165) is 17.1 Å². The van der Waals surface area contributed by atoms with Crippen molar-refractivity contribution in [2.45, 2.75) is 27.7 Å². The van der Waals surface area contributed by atoms with Gasteiger partial charge in [-0.25, -0.2) is 4.98 Å². The predicted molar refractivity (Wildman–Crippen MR) is 77.0 cm³/mol. The Morgan fingerprint density at radius 1 is 1.00 bits per heavy atom. The smallest absolute Gasteiger partial charge is 0.224 e. The molecule has 0 aliphatic carbocycles. The number of hydrogen-bond acceptors (Lipinski definition) is 4. The Labute approximate surface area is 113 Å². The lowest BCUT2D eigenvalue weighted by atomic mass is 10.1. The maximum atomic E-state index is 5.90. The Balaban J connectivity index is 2.38. The summed E-state index contributed by atoms with van der Waals surface area (Å²) in [6, 6.07) is 5.97. The molecule has 0 amide bonds. The van der Waals surface area contributed by atoms with Gasteiger partial charge in [0, 0.05) is 13.1 Å². The number of aryl methyl sites for hydroxylation is 3. The summed E-state index contributed by atoms with van der Waals surface area (Å²) in [5.74, 6) is 2.84. The molecule has 1 aromatic heterocycles. The molecule has 1 aromatic carbocycles. The van der Waals surface area contributed by atoms with Gasteiger partial charge in [0.2, 0.25) is 5.88 Å². The number of hydrogen-bond donors (Lipinski definition) is 1. The third kappa shape index (κ3) is 3.02. The standard InChI is InChI=1S/C15H19N3O/c1-9-6-10(2)11(3)13(7-9)19-15-8-14(16-5)17-12(4)18-15/h6-8H,1-5H3,(H,16,17,18). The molecule has 100 valence electrons. The van der Waals surface area contributed by atoms with Crippen molar-refractivity contribution in [2.24, 2.45) is 0 Å². The molecule has 0 saturated carbocycles. The highest BCUT2D eigenvalue weighted by molar-refractivity contribution is 5.45. The Hall–Kier alpha value is -2.10. The van der Waals surface area contributed by atoms with Crippen molar-refractivity contribution in [1.82, 2.24) is 9.97 Å². The number of aromatic nitrogens is 2. The number of rotatable bonds is 3. The first-order chi connectivity index (χ1) is 8.99. The molecule has 0 bridgehead atoms. The van der Waals surface area contributed by atoms with E-state index in [1.807, 2.05) is 20.0 Å². The van der Waals surface area contributed by atoms with E-state index in [1.54, 1.807) is 6.07 Å². The molecule has 1 heterocycles. The number of benzene rings is 1. The van der Waals surface area contributed by atoms with E-state index in [1.165, 1.54) is 11.1 Å². The van der Waals surface area contributed by atoms with Gasteiger partial charge in [0.25, 0.3) is 0 Å². The van der Waals surface area contributed by atoms with Crippen LogP contribution in [0.4, 0.5) is 5.82 Å². The summed E-state index contributed by atoms with van der Waals surface area (Å²) >= 11 is 0. The second kappa shape index (κ2) is 5.26. The van der Waals surface area contributed by atoms with Crippen LogP contribution in [0.2, 0.25) is 0 Å². The molecule has 0 unspecified atom stereocenters. The van der Waals surface area contributed by atoms with Crippen molar-refractivity contribution in [3.63, 3.8) is 0 Å². The maximum Gasteiger partial charge on any atom is 0.224 e. The maximum absolute atomic E-state index is 5.90. The highest BCUT2D eigenvalue weighted by Gasteiger charge is 2.08. The third-order valence-corrected chi connectivity index (χ3v) is 3.05. The minimum absolute atomic E-state index is 0.560. The van der Waals surface area contributed by atoms with Gasteiger partial charge in [0.15, 0.2) is 0 Å². The number of anilines is 1. The molecule has 0 aliphatic rings. The van der Waals surface area contributed by atoms with Crippen LogP contribution in [0.5, 0.6) is 11.6 Å². The SMILES string of the molecule is CNc1cc(Oc2cc(C)cc(C)c2C)nc(C)n1. The zero-order valence-electron chi connectivity index (χ0n) is 12.0. The van der Waals surface area contributed by atoms with Gasteiger partial charge in [-0.2, -0.15) is 4.98 Å². The molecule has 0 aliphatic heterocycles. The highest BCUT2D eigenvalue weighted by atomic mass is 16.5. The summed E-state index contributed by atoms with van der Waals surface area (Å²) in [6.45, 7) is 8.04. The van der Waals surface area contributed by atoms with Crippen molar-refractivity contribution in [3.05, 3.63) is 40.7 Å². The van der Waals surface area contributed by atoms with Crippen LogP contribution in [0, 0.1) is 27.7 Å². The zero-order chi connectivity index (χ0) is 14.0. The van der Waals surface area contributed by atoms with Gasteiger partial charge in [-0.05, 0) is 50.5 Å². The van der Waals surface area contributed by atoms with Crippen LogP contribution in [0.15, 0.2) is 18.2 Å². The molecule has 2 aromatic rings. The second-order valence-electron chi connectivity index (χ2n) is 4.70. The molecular formula is C15H19N3O. The first-order valence-corrected chi connectivity index (χ1v) is 6.28. The van der Waals surface area contributed by atoms with Gasteiger partial charge >= 0.3 is 0 Å².